The third-order valence-electron chi connectivity index (χ3n) is 7.90. The maximum atomic E-state index is 13.9. The Morgan fingerprint density at radius 1 is 0.974 bits per heavy atom. The minimum atomic E-state index is -4.56. The highest BCUT2D eigenvalue weighted by Gasteiger charge is 2.48. The van der Waals surface area contributed by atoms with E-state index in [2.05, 4.69) is 25.5 Å². The Balaban J connectivity index is 1.28. The largest absolute Gasteiger partial charge is 0.416 e. The van der Waals surface area contributed by atoms with E-state index in [1.807, 2.05) is 4.90 Å². The van der Waals surface area contributed by atoms with Crippen LogP contribution in [0, 0.1) is 18.8 Å². The van der Waals surface area contributed by atoms with Gasteiger partial charge >= 0.3 is 18.4 Å². The van der Waals surface area contributed by atoms with Crippen LogP contribution in [0.2, 0.25) is 0 Å². The molecular formula is C24H25F6N7O. The lowest BCUT2D eigenvalue weighted by molar-refractivity contribution is -0.175. The van der Waals surface area contributed by atoms with Gasteiger partial charge in [0.15, 0.2) is 5.82 Å². The lowest BCUT2D eigenvalue weighted by Crippen LogP contribution is -2.48. The van der Waals surface area contributed by atoms with E-state index in [1.165, 1.54) is 12.1 Å². The molecule has 1 aromatic carbocycles. The van der Waals surface area contributed by atoms with Gasteiger partial charge in [0.25, 0.3) is 0 Å². The van der Waals surface area contributed by atoms with Crippen molar-refractivity contribution >= 4 is 12.0 Å². The zero-order valence-corrected chi connectivity index (χ0v) is 20.3. The van der Waals surface area contributed by atoms with Gasteiger partial charge in [0.05, 0.1) is 5.56 Å². The number of hydrogen-bond acceptors (Lipinski definition) is 7. The number of rotatable bonds is 4. The summed E-state index contributed by atoms with van der Waals surface area (Å²) in [7, 11) is 0. The van der Waals surface area contributed by atoms with Crippen molar-refractivity contribution < 1.29 is 30.9 Å². The van der Waals surface area contributed by atoms with E-state index in [9.17, 15) is 26.3 Å². The fraction of sp³-hybridized carbons (Fsp3) is 0.583. The van der Waals surface area contributed by atoms with Crippen molar-refractivity contribution in [1.82, 2.24) is 24.9 Å². The van der Waals surface area contributed by atoms with Crippen LogP contribution in [-0.4, -0.2) is 50.2 Å². The molecule has 8 nitrogen and oxygen atoms in total. The van der Waals surface area contributed by atoms with Gasteiger partial charge < -0.3 is 14.7 Å². The molecule has 3 aliphatic rings. The molecule has 3 aromatic rings. The number of benzene rings is 1. The maximum Gasteiger partial charge on any atom is 0.416 e. The second-order valence-corrected chi connectivity index (χ2v) is 10.3. The van der Waals surface area contributed by atoms with Crippen LogP contribution < -0.4 is 10.2 Å². The molecule has 2 aromatic heterocycles. The number of nitrogens with zero attached hydrogens (tertiary/aromatic N) is 6. The molecule has 14 heteroatoms. The Morgan fingerprint density at radius 2 is 1.71 bits per heavy atom. The van der Waals surface area contributed by atoms with Crippen LogP contribution in [0.1, 0.15) is 60.4 Å². The number of halogens is 6. The molecule has 2 bridgehead atoms. The molecule has 0 radical (unpaired) electrons. The number of anilines is 2. The Hall–Kier alpha value is -3.32. The minimum Gasteiger partial charge on any atom is -0.350 e. The number of fused-ring (bicyclic) bond motifs is 3. The lowest BCUT2D eigenvalue weighted by Gasteiger charge is -2.37. The van der Waals surface area contributed by atoms with Gasteiger partial charge in [0.2, 0.25) is 5.95 Å². The van der Waals surface area contributed by atoms with E-state index in [1.54, 1.807) is 6.92 Å². The number of nitrogens with one attached hydrogen (secondary N) is 1. The molecule has 2 unspecified atom stereocenters. The van der Waals surface area contributed by atoms with Gasteiger partial charge in [0.1, 0.15) is 11.9 Å². The van der Waals surface area contributed by atoms with Crippen molar-refractivity contribution in [3.63, 3.8) is 0 Å². The summed E-state index contributed by atoms with van der Waals surface area (Å²) in [4.78, 5) is 10.8. The molecular weight excluding hydrogens is 516 g/mol. The average molecular weight is 542 g/mol. The highest BCUT2D eigenvalue weighted by molar-refractivity contribution is 5.37. The predicted octanol–water partition coefficient (Wildman–Crippen LogP) is 5.34. The van der Waals surface area contributed by atoms with Gasteiger partial charge in [-0.05, 0) is 56.1 Å². The number of aryl methyl sites for hydroxylation is 1. The number of piperidine rings is 1. The quantitative estimate of drug-likeness (QED) is 0.446. The second kappa shape index (κ2) is 8.87. The summed E-state index contributed by atoms with van der Waals surface area (Å²) in [5.74, 6) is 0.218. The molecule has 1 saturated carbocycles. The zero-order chi connectivity index (χ0) is 26.8. The molecule has 204 valence electrons. The van der Waals surface area contributed by atoms with Crippen LogP contribution in [-0.2, 0) is 6.18 Å². The molecule has 38 heavy (non-hydrogen) atoms. The van der Waals surface area contributed by atoms with Crippen molar-refractivity contribution in [2.45, 2.75) is 63.0 Å². The third kappa shape index (κ3) is 4.47. The Labute approximate surface area is 213 Å². The molecule has 5 atom stereocenters. The van der Waals surface area contributed by atoms with Crippen molar-refractivity contribution in [3.05, 3.63) is 47.0 Å². The smallest absolute Gasteiger partial charge is 0.350 e. The normalized spacial score (nSPS) is 27.4. The van der Waals surface area contributed by atoms with Crippen LogP contribution in [0.15, 0.2) is 28.8 Å². The summed E-state index contributed by atoms with van der Waals surface area (Å²) < 4.78 is 87.8. The minimum absolute atomic E-state index is 0.0108. The second-order valence-electron chi connectivity index (χ2n) is 10.3. The summed E-state index contributed by atoms with van der Waals surface area (Å²) in [5.41, 5.74) is -0.582. The number of alkyl halides is 6. The monoisotopic (exact) mass is 541 g/mol. The molecule has 1 aliphatic carbocycles. The summed E-state index contributed by atoms with van der Waals surface area (Å²) in [5, 5.41) is 11.3. The molecule has 6 rings (SSSR count). The van der Waals surface area contributed by atoms with Gasteiger partial charge in [-0.15, -0.1) is 5.10 Å². The number of hydrogen-bond donors (Lipinski definition) is 1. The van der Waals surface area contributed by atoms with Crippen LogP contribution in [0.5, 0.6) is 0 Å². The summed E-state index contributed by atoms with van der Waals surface area (Å²) in [6.07, 6.45) is -7.59. The lowest BCUT2D eigenvalue weighted by atomic mass is 9.87. The highest BCUT2D eigenvalue weighted by atomic mass is 19.4. The molecule has 1 N–H and O–H groups in total. The predicted molar refractivity (Wildman–Crippen MR) is 123 cm³/mol. The molecule has 2 fully saturated rings. The van der Waals surface area contributed by atoms with E-state index >= 15 is 0 Å². The van der Waals surface area contributed by atoms with Gasteiger partial charge in [-0.1, -0.05) is 23.4 Å². The summed E-state index contributed by atoms with van der Waals surface area (Å²) in [6.45, 7) is 3.02. The standard InChI is InChI=1S/C24H25F6N7O/c1-12-31-22(38-35-12)36-10-14-5-6-15(11-36)19(14)32-21-33-20-17(7-8-18(24(28,29)30)37(20)34-21)13-3-2-4-16(9-13)23(25,26)27/h2-4,9,14-15,17-19H,5-8,10-11H2,1H3,(H,32,34)/t14-,15+,17?,18?,19-. The molecule has 1 saturated heterocycles. The Morgan fingerprint density at radius 3 is 2.34 bits per heavy atom. The first-order valence-electron chi connectivity index (χ1n) is 12.5. The van der Waals surface area contributed by atoms with Crippen molar-refractivity contribution in [3.8, 4) is 0 Å². The highest BCUT2D eigenvalue weighted by Crippen LogP contribution is 2.45. The van der Waals surface area contributed by atoms with Gasteiger partial charge in [-0.2, -0.15) is 36.3 Å². The fourth-order valence-corrected chi connectivity index (χ4v) is 6.17. The van der Waals surface area contributed by atoms with Gasteiger partial charge in [0, 0.05) is 25.0 Å². The topological polar surface area (TPSA) is 84.9 Å². The SMILES string of the molecule is Cc1noc(N2C[C@H]3CC[C@@H](C2)[C@@H]3Nc2nc3n(n2)C(C(F)(F)F)CCC3c2cccc(C(F)(F)F)c2)n1. The van der Waals surface area contributed by atoms with E-state index < -0.39 is 29.9 Å². The first-order chi connectivity index (χ1) is 18.0. The third-order valence-corrected chi connectivity index (χ3v) is 7.90. The van der Waals surface area contributed by atoms with Crippen molar-refractivity contribution in [2.24, 2.45) is 11.8 Å². The number of aromatic nitrogens is 5. The van der Waals surface area contributed by atoms with Crippen LogP contribution >= 0.6 is 0 Å². The van der Waals surface area contributed by atoms with Crippen molar-refractivity contribution in [1.29, 1.82) is 0 Å². The van der Waals surface area contributed by atoms with E-state index in [0.29, 0.717) is 24.9 Å². The molecule has 0 amide bonds. The van der Waals surface area contributed by atoms with Gasteiger partial charge in [-0.25, -0.2) is 4.68 Å². The molecule has 4 heterocycles. The summed E-state index contributed by atoms with van der Waals surface area (Å²) >= 11 is 0. The van der Waals surface area contributed by atoms with Crippen molar-refractivity contribution in [2.75, 3.05) is 23.3 Å². The van der Waals surface area contributed by atoms with Gasteiger partial charge in [-0.3, -0.25) is 0 Å². The fourth-order valence-electron chi connectivity index (χ4n) is 6.17. The van der Waals surface area contributed by atoms with E-state index in [-0.39, 0.29) is 48.1 Å². The average Bonchev–Trinajstić information content (AvgIpc) is 3.53. The maximum absolute atomic E-state index is 13.9. The first kappa shape index (κ1) is 25.0. The van der Waals surface area contributed by atoms with E-state index in [0.717, 1.165) is 29.7 Å². The Bertz CT molecular complexity index is 1300. The van der Waals surface area contributed by atoms with E-state index in [4.69, 9.17) is 4.52 Å². The van der Waals surface area contributed by atoms with Crippen LogP contribution in [0.4, 0.5) is 38.3 Å². The molecule has 0 spiro atoms. The first-order valence-corrected chi connectivity index (χ1v) is 12.5. The molecule has 2 aliphatic heterocycles. The summed E-state index contributed by atoms with van der Waals surface area (Å²) in [6, 6.07) is 3.20. The van der Waals surface area contributed by atoms with Crippen LogP contribution in [0.3, 0.4) is 0 Å². The Kier molecular flexibility index (Phi) is 5.83. The van der Waals surface area contributed by atoms with Crippen LogP contribution in [0.25, 0.3) is 0 Å². The zero-order valence-electron chi connectivity index (χ0n) is 20.3.